The van der Waals surface area contributed by atoms with Crippen LogP contribution in [0.5, 0.6) is 0 Å². The summed E-state index contributed by atoms with van der Waals surface area (Å²) in [4.78, 5) is 10.8. The average molecular weight is 321 g/mol. The zero-order valence-corrected chi connectivity index (χ0v) is 11.2. The molecule has 1 N–H and O–H groups in total. The number of nitrogens with one attached hydrogen (secondary N) is 1. The van der Waals surface area contributed by atoms with Gasteiger partial charge in [-0.05, 0) is 12.0 Å². The summed E-state index contributed by atoms with van der Waals surface area (Å²) in [6, 6.07) is 0.438. The molecule has 12 heteroatoms. The maximum atomic E-state index is 13.5. The van der Waals surface area contributed by atoms with Crippen molar-refractivity contribution >= 4 is 15.7 Å². The van der Waals surface area contributed by atoms with Crippen molar-refractivity contribution in [1.82, 2.24) is 4.72 Å². The third-order valence-electron chi connectivity index (χ3n) is 2.28. The summed E-state index contributed by atoms with van der Waals surface area (Å²) < 4.78 is 52.1. The molecule has 0 atom stereocenters. The van der Waals surface area contributed by atoms with Gasteiger partial charge in [-0.3, -0.25) is 10.1 Å². The van der Waals surface area contributed by atoms with Crippen molar-refractivity contribution < 1.29 is 22.1 Å². The largest absolute Gasteiger partial charge is 0.306 e. The highest BCUT2D eigenvalue weighted by molar-refractivity contribution is 7.89. The second kappa shape index (κ2) is 6.92. The van der Waals surface area contributed by atoms with Crippen molar-refractivity contribution in [2.24, 2.45) is 5.11 Å². The lowest BCUT2D eigenvalue weighted by molar-refractivity contribution is -0.387. The number of halogens is 2. The highest BCUT2D eigenvalue weighted by Crippen LogP contribution is 2.24. The van der Waals surface area contributed by atoms with E-state index >= 15 is 0 Å². The van der Waals surface area contributed by atoms with Gasteiger partial charge in [0.25, 0.3) is 0 Å². The maximum absolute atomic E-state index is 13.5. The monoisotopic (exact) mass is 321 g/mol. The Labute approximate surface area is 117 Å². The van der Waals surface area contributed by atoms with Crippen LogP contribution in [0.1, 0.15) is 6.42 Å². The number of nitro groups is 1. The van der Waals surface area contributed by atoms with E-state index in [0.29, 0.717) is 6.07 Å². The van der Waals surface area contributed by atoms with Crippen LogP contribution in [-0.2, 0) is 10.0 Å². The van der Waals surface area contributed by atoms with E-state index in [2.05, 4.69) is 10.0 Å². The fourth-order valence-corrected chi connectivity index (χ4v) is 2.49. The lowest BCUT2D eigenvalue weighted by Gasteiger charge is -2.07. The molecule has 0 amide bonds. The van der Waals surface area contributed by atoms with Gasteiger partial charge in [0.1, 0.15) is 10.7 Å². The Balaban J connectivity index is 3.00. The van der Waals surface area contributed by atoms with Crippen molar-refractivity contribution in [2.75, 3.05) is 13.1 Å². The summed E-state index contributed by atoms with van der Waals surface area (Å²) in [6.45, 7) is -0.156. The molecule has 0 aliphatic carbocycles. The fourth-order valence-electron chi connectivity index (χ4n) is 1.34. The number of nitro benzene ring substituents is 1. The Hall–Kier alpha value is -2.30. The van der Waals surface area contributed by atoms with Gasteiger partial charge in [0.2, 0.25) is 15.8 Å². The fraction of sp³-hybridized carbons (Fsp3) is 0.333. The van der Waals surface area contributed by atoms with Gasteiger partial charge in [0.05, 0.1) is 4.92 Å². The van der Waals surface area contributed by atoms with Gasteiger partial charge in [-0.25, -0.2) is 17.5 Å². The molecule has 0 bridgehead atoms. The summed E-state index contributed by atoms with van der Waals surface area (Å²) in [7, 11) is -4.38. The van der Waals surface area contributed by atoms with E-state index in [1.165, 1.54) is 0 Å². The van der Waals surface area contributed by atoms with Crippen LogP contribution in [0.4, 0.5) is 14.5 Å². The second-order valence-corrected chi connectivity index (χ2v) is 5.43. The van der Waals surface area contributed by atoms with E-state index in [-0.39, 0.29) is 25.6 Å². The first-order valence-electron chi connectivity index (χ1n) is 5.43. The molecule has 0 aromatic heterocycles. The number of sulfonamides is 1. The summed E-state index contributed by atoms with van der Waals surface area (Å²) in [5, 5.41) is 13.7. The molecule has 21 heavy (non-hydrogen) atoms. The molecule has 9 nitrogen and oxygen atoms in total. The zero-order chi connectivity index (χ0) is 16.0. The Morgan fingerprint density at radius 1 is 1.38 bits per heavy atom. The van der Waals surface area contributed by atoms with Gasteiger partial charge in [0.15, 0.2) is 0 Å². The lowest BCUT2D eigenvalue weighted by Crippen LogP contribution is -2.26. The van der Waals surface area contributed by atoms with Crippen LogP contribution in [-0.4, -0.2) is 26.4 Å². The molecule has 0 saturated heterocycles. The average Bonchev–Trinajstić information content (AvgIpc) is 2.37. The van der Waals surface area contributed by atoms with Gasteiger partial charge in [-0.15, -0.1) is 0 Å². The molecule has 1 aromatic carbocycles. The van der Waals surface area contributed by atoms with Crippen molar-refractivity contribution in [1.29, 1.82) is 0 Å². The predicted octanol–water partition coefficient (Wildman–Crippen LogP) is 1.85. The smallest absolute Gasteiger partial charge is 0.258 e. The number of azide groups is 1. The maximum Gasteiger partial charge on any atom is 0.306 e. The Bertz CT molecular complexity index is 702. The Kier molecular flexibility index (Phi) is 5.52. The second-order valence-electron chi connectivity index (χ2n) is 3.70. The number of hydrogen-bond acceptors (Lipinski definition) is 5. The molecule has 0 saturated carbocycles. The van der Waals surface area contributed by atoms with Crippen LogP contribution in [0.2, 0.25) is 0 Å². The Morgan fingerprint density at radius 2 is 2.05 bits per heavy atom. The predicted molar refractivity (Wildman–Crippen MR) is 66.8 cm³/mol. The van der Waals surface area contributed by atoms with E-state index < -0.39 is 37.2 Å². The Morgan fingerprint density at radius 3 is 2.62 bits per heavy atom. The summed E-state index contributed by atoms with van der Waals surface area (Å²) in [5.41, 5.74) is 6.87. The summed E-state index contributed by atoms with van der Waals surface area (Å²) in [5.74, 6) is -2.92. The normalized spacial score (nSPS) is 11.0. The molecule has 0 unspecified atom stereocenters. The van der Waals surface area contributed by atoms with Crippen LogP contribution in [0.15, 0.2) is 22.1 Å². The molecule has 0 fully saturated rings. The molecule has 114 valence electrons. The minimum Gasteiger partial charge on any atom is -0.258 e. The number of rotatable bonds is 7. The first kappa shape index (κ1) is 16.8. The van der Waals surface area contributed by atoms with Gasteiger partial charge in [0, 0.05) is 30.1 Å². The van der Waals surface area contributed by atoms with Gasteiger partial charge < -0.3 is 0 Å². The van der Waals surface area contributed by atoms with Crippen LogP contribution in [0.25, 0.3) is 10.4 Å². The first-order chi connectivity index (χ1) is 9.79. The molecule has 0 spiro atoms. The summed E-state index contributed by atoms with van der Waals surface area (Å²) >= 11 is 0. The van der Waals surface area contributed by atoms with Gasteiger partial charge in [-0.2, -0.15) is 4.39 Å². The van der Waals surface area contributed by atoms with Gasteiger partial charge >= 0.3 is 5.69 Å². The van der Waals surface area contributed by atoms with Crippen molar-refractivity contribution in [3.63, 3.8) is 0 Å². The van der Waals surface area contributed by atoms with Crippen LogP contribution in [0.3, 0.4) is 0 Å². The number of hydrogen-bond donors (Lipinski definition) is 1. The van der Waals surface area contributed by atoms with E-state index in [1.54, 1.807) is 0 Å². The van der Waals surface area contributed by atoms with Gasteiger partial charge in [-0.1, -0.05) is 5.11 Å². The third kappa shape index (κ3) is 4.34. The highest BCUT2D eigenvalue weighted by atomic mass is 32.2. The lowest BCUT2D eigenvalue weighted by atomic mass is 10.3. The minimum atomic E-state index is -4.38. The molecule has 0 aliphatic rings. The van der Waals surface area contributed by atoms with E-state index in [4.69, 9.17) is 5.53 Å². The first-order valence-corrected chi connectivity index (χ1v) is 6.92. The van der Waals surface area contributed by atoms with Crippen LogP contribution >= 0.6 is 0 Å². The van der Waals surface area contributed by atoms with Crippen molar-refractivity contribution in [3.05, 3.63) is 44.3 Å². The number of nitrogens with zero attached hydrogens (tertiary/aromatic N) is 4. The molecule has 0 aliphatic heterocycles. The van der Waals surface area contributed by atoms with Crippen LogP contribution in [0, 0.1) is 21.7 Å². The zero-order valence-electron chi connectivity index (χ0n) is 10.4. The molecule has 1 rings (SSSR count). The molecule has 0 radical (unpaired) electrons. The third-order valence-corrected chi connectivity index (χ3v) is 3.75. The number of benzene rings is 1. The summed E-state index contributed by atoms with van der Waals surface area (Å²) in [6.07, 6.45) is 0.147. The quantitative estimate of drug-likeness (QED) is 0.204. The highest BCUT2D eigenvalue weighted by Gasteiger charge is 2.25. The minimum absolute atomic E-state index is 0.0189. The standard InChI is InChI=1S/C9H9F2N5O4S/c10-6-4-7(11)9(5-8(6)16(17)18)21(19,20)14-3-1-2-13-15-12/h4-5,14H,1-3H2. The van der Waals surface area contributed by atoms with Crippen molar-refractivity contribution in [2.45, 2.75) is 11.3 Å². The van der Waals surface area contributed by atoms with E-state index in [9.17, 15) is 27.3 Å². The molecular weight excluding hydrogens is 312 g/mol. The molecule has 1 aromatic rings. The van der Waals surface area contributed by atoms with Crippen molar-refractivity contribution in [3.8, 4) is 0 Å². The molecular formula is C9H9F2N5O4S. The van der Waals surface area contributed by atoms with Crippen LogP contribution < -0.4 is 4.72 Å². The topological polar surface area (TPSA) is 138 Å². The SMILES string of the molecule is [N-]=[N+]=NCCCNS(=O)(=O)c1cc([N+](=O)[O-])c(F)cc1F. The molecule has 0 heterocycles. The van der Waals surface area contributed by atoms with E-state index in [0.717, 1.165) is 0 Å². The van der Waals surface area contributed by atoms with E-state index in [1.807, 2.05) is 4.72 Å².